The van der Waals surface area contributed by atoms with E-state index in [0.717, 1.165) is 21.3 Å². The number of carbonyl (C=O) groups is 1. The summed E-state index contributed by atoms with van der Waals surface area (Å²) in [7, 11) is 0. The van der Waals surface area contributed by atoms with Crippen LogP contribution in [0.15, 0.2) is 82.7 Å². The highest BCUT2D eigenvalue weighted by Gasteiger charge is 2.31. The number of esters is 1. The largest absolute Gasteiger partial charge is 0.494 e. The number of benzene rings is 3. The number of rotatable bonds is 5. The Kier molecular flexibility index (Phi) is 6.15. The molecule has 4 rings (SSSR count). The maximum absolute atomic E-state index is 12.5. The van der Waals surface area contributed by atoms with Gasteiger partial charge in [0.2, 0.25) is 5.88 Å². The standard InChI is InChI=1S/C25H19BrN2O4/c1-2-30-18-9-5-15(6-10-18)23-20-12-11-19(13-22(20)32-24(28)21(23)14-27)31-25(29)16-3-7-17(26)8-4-16/h3-13,23H,2,28H2,1H3. The predicted octanol–water partition coefficient (Wildman–Crippen LogP) is 5.29. The first-order chi connectivity index (χ1) is 15.5. The molecule has 7 heteroatoms. The van der Waals surface area contributed by atoms with Gasteiger partial charge in [0.05, 0.1) is 18.1 Å². The lowest BCUT2D eigenvalue weighted by molar-refractivity contribution is 0.0734. The second kappa shape index (κ2) is 9.16. The summed E-state index contributed by atoms with van der Waals surface area (Å²) in [6.07, 6.45) is 0. The normalized spacial score (nSPS) is 14.7. The number of fused-ring (bicyclic) bond motifs is 1. The van der Waals surface area contributed by atoms with Crippen LogP contribution in [-0.4, -0.2) is 12.6 Å². The third-order valence-corrected chi connectivity index (χ3v) is 5.53. The van der Waals surface area contributed by atoms with E-state index < -0.39 is 11.9 Å². The van der Waals surface area contributed by atoms with Gasteiger partial charge < -0.3 is 19.9 Å². The third kappa shape index (κ3) is 4.32. The fourth-order valence-corrected chi connectivity index (χ4v) is 3.78. The van der Waals surface area contributed by atoms with E-state index >= 15 is 0 Å². The van der Waals surface area contributed by atoms with Crippen LogP contribution in [0.5, 0.6) is 17.2 Å². The Morgan fingerprint density at radius 3 is 2.44 bits per heavy atom. The Morgan fingerprint density at radius 2 is 1.78 bits per heavy atom. The molecule has 0 aromatic heterocycles. The molecule has 0 fully saturated rings. The highest BCUT2D eigenvalue weighted by Crippen LogP contribution is 2.43. The van der Waals surface area contributed by atoms with E-state index in [1.54, 1.807) is 42.5 Å². The molecule has 0 amide bonds. The van der Waals surface area contributed by atoms with Gasteiger partial charge in [0, 0.05) is 16.1 Å². The zero-order valence-electron chi connectivity index (χ0n) is 17.2. The number of halogens is 1. The van der Waals surface area contributed by atoms with E-state index in [1.807, 2.05) is 31.2 Å². The van der Waals surface area contributed by atoms with Crippen LogP contribution < -0.4 is 19.9 Å². The molecule has 1 aliphatic heterocycles. The fourth-order valence-electron chi connectivity index (χ4n) is 3.52. The van der Waals surface area contributed by atoms with E-state index in [1.165, 1.54) is 0 Å². The lowest BCUT2D eigenvalue weighted by Crippen LogP contribution is -2.21. The molecule has 0 saturated heterocycles. The molecular formula is C25H19BrN2O4. The van der Waals surface area contributed by atoms with Crippen LogP contribution in [0, 0.1) is 11.3 Å². The van der Waals surface area contributed by atoms with Crippen molar-refractivity contribution in [3.05, 3.63) is 99.3 Å². The van der Waals surface area contributed by atoms with Crippen LogP contribution in [0.2, 0.25) is 0 Å². The molecule has 1 unspecified atom stereocenters. The van der Waals surface area contributed by atoms with Gasteiger partial charge in [-0.25, -0.2) is 4.79 Å². The van der Waals surface area contributed by atoms with E-state index in [4.69, 9.17) is 19.9 Å². The number of nitriles is 1. The van der Waals surface area contributed by atoms with Crippen LogP contribution in [0.4, 0.5) is 0 Å². The summed E-state index contributed by atoms with van der Waals surface area (Å²) in [5.74, 6) is 0.620. The number of nitrogens with two attached hydrogens (primary N) is 1. The molecule has 0 spiro atoms. The van der Waals surface area contributed by atoms with Crippen molar-refractivity contribution in [2.24, 2.45) is 5.73 Å². The predicted molar refractivity (Wildman–Crippen MR) is 122 cm³/mol. The van der Waals surface area contributed by atoms with Crippen molar-refractivity contribution in [1.82, 2.24) is 0 Å². The van der Waals surface area contributed by atoms with Crippen LogP contribution in [0.3, 0.4) is 0 Å². The first kappa shape index (κ1) is 21.5. The number of hydrogen-bond donors (Lipinski definition) is 1. The van der Waals surface area contributed by atoms with Crippen molar-refractivity contribution in [2.45, 2.75) is 12.8 Å². The monoisotopic (exact) mass is 490 g/mol. The van der Waals surface area contributed by atoms with Crippen molar-refractivity contribution in [3.63, 3.8) is 0 Å². The molecule has 0 radical (unpaired) electrons. The molecule has 1 heterocycles. The summed E-state index contributed by atoms with van der Waals surface area (Å²) in [6, 6.07) is 21.6. The molecule has 3 aromatic rings. The van der Waals surface area contributed by atoms with Gasteiger partial charge in [-0.05, 0) is 55.0 Å². The Labute approximate surface area is 194 Å². The van der Waals surface area contributed by atoms with Crippen molar-refractivity contribution in [3.8, 4) is 23.3 Å². The molecule has 1 aliphatic rings. The minimum Gasteiger partial charge on any atom is -0.494 e. The second-order valence-corrected chi connectivity index (χ2v) is 7.94. The van der Waals surface area contributed by atoms with Crippen molar-refractivity contribution < 1.29 is 19.0 Å². The molecule has 6 nitrogen and oxygen atoms in total. The number of carbonyl (C=O) groups excluding carboxylic acids is 1. The minimum atomic E-state index is -0.488. The van der Waals surface area contributed by atoms with Gasteiger partial charge in [0.25, 0.3) is 0 Å². The maximum Gasteiger partial charge on any atom is 0.343 e. The smallest absolute Gasteiger partial charge is 0.343 e. The topological polar surface area (TPSA) is 94.6 Å². The second-order valence-electron chi connectivity index (χ2n) is 7.02. The lowest BCUT2D eigenvalue weighted by Gasteiger charge is -2.26. The zero-order valence-corrected chi connectivity index (χ0v) is 18.8. The van der Waals surface area contributed by atoms with Gasteiger partial charge in [0.1, 0.15) is 28.9 Å². The fraction of sp³-hybridized carbons (Fsp3) is 0.120. The summed E-state index contributed by atoms with van der Waals surface area (Å²) in [6.45, 7) is 2.48. The molecule has 1 atom stereocenters. The van der Waals surface area contributed by atoms with Crippen LogP contribution in [0.1, 0.15) is 34.3 Å². The number of hydrogen-bond acceptors (Lipinski definition) is 6. The summed E-state index contributed by atoms with van der Waals surface area (Å²) in [5, 5.41) is 9.71. The highest BCUT2D eigenvalue weighted by molar-refractivity contribution is 9.10. The molecule has 32 heavy (non-hydrogen) atoms. The average molecular weight is 491 g/mol. The minimum absolute atomic E-state index is 0.0234. The van der Waals surface area contributed by atoms with Gasteiger partial charge in [-0.15, -0.1) is 0 Å². The molecule has 2 N–H and O–H groups in total. The average Bonchev–Trinajstić information content (AvgIpc) is 2.79. The van der Waals surface area contributed by atoms with Gasteiger partial charge in [-0.2, -0.15) is 5.26 Å². The number of ether oxygens (including phenoxy) is 3. The SMILES string of the molecule is CCOc1ccc(C2C(C#N)=C(N)Oc3cc(OC(=O)c4ccc(Br)cc4)ccc32)cc1. The highest BCUT2D eigenvalue weighted by atomic mass is 79.9. The van der Waals surface area contributed by atoms with Crippen LogP contribution in [0.25, 0.3) is 0 Å². The zero-order chi connectivity index (χ0) is 22.7. The molecule has 0 aliphatic carbocycles. The lowest BCUT2D eigenvalue weighted by atomic mass is 9.83. The van der Waals surface area contributed by atoms with Crippen molar-refractivity contribution in [2.75, 3.05) is 6.61 Å². The van der Waals surface area contributed by atoms with E-state index in [9.17, 15) is 10.1 Å². The maximum atomic E-state index is 12.5. The van der Waals surface area contributed by atoms with E-state index in [-0.39, 0.29) is 5.88 Å². The molecule has 0 saturated carbocycles. The van der Waals surface area contributed by atoms with E-state index in [0.29, 0.717) is 29.2 Å². The Balaban J connectivity index is 1.65. The Hall–Kier alpha value is -3.76. The summed E-state index contributed by atoms with van der Waals surface area (Å²) < 4.78 is 17.6. The Bertz CT molecular complexity index is 1230. The summed E-state index contributed by atoms with van der Waals surface area (Å²) >= 11 is 3.34. The summed E-state index contributed by atoms with van der Waals surface area (Å²) in [4.78, 5) is 12.5. The van der Waals surface area contributed by atoms with Gasteiger partial charge >= 0.3 is 5.97 Å². The van der Waals surface area contributed by atoms with Gasteiger partial charge in [-0.1, -0.05) is 34.1 Å². The van der Waals surface area contributed by atoms with Crippen molar-refractivity contribution in [1.29, 1.82) is 5.26 Å². The van der Waals surface area contributed by atoms with Gasteiger partial charge in [-0.3, -0.25) is 0 Å². The van der Waals surface area contributed by atoms with Gasteiger partial charge in [0.15, 0.2) is 0 Å². The van der Waals surface area contributed by atoms with Crippen LogP contribution in [-0.2, 0) is 0 Å². The third-order valence-electron chi connectivity index (χ3n) is 5.01. The Morgan fingerprint density at radius 1 is 1.09 bits per heavy atom. The first-order valence-electron chi connectivity index (χ1n) is 9.92. The quantitative estimate of drug-likeness (QED) is 0.385. The number of allylic oxidation sites excluding steroid dienone is 1. The van der Waals surface area contributed by atoms with E-state index in [2.05, 4.69) is 22.0 Å². The summed E-state index contributed by atoms with van der Waals surface area (Å²) in [5.41, 5.74) is 8.43. The molecule has 160 valence electrons. The molecule has 0 bridgehead atoms. The molecule has 3 aromatic carbocycles. The first-order valence-corrected chi connectivity index (χ1v) is 10.7. The van der Waals surface area contributed by atoms with Crippen molar-refractivity contribution >= 4 is 21.9 Å². The van der Waals surface area contributed by atoms with Crippen LogP contribution >= 0.6 is 15.9 Å². The number of nitrogens with zero attached hydrogens (tertiary/aromatic N) is 1. The molecular weight excluding hydrogens is 472 g/mol.